The van der Waals surface area contributed by atoms with Crippen LogP contribution in [0.3, 0.4) is 0 Å². The molecule has 0 aliphatic heterocycles. The number of allylic oxidation sites excluding steroid dienone is 2. The van der Waals surface area contributed by atoms with Gasteiger partial charge in [-0.15, -0.1) is 0 Å². The maximum absolute atomic E-state index is 2.32. The first kappa shape index (κ1) is 7.84. The predicted octanol–water partition coefficient (Wildman–Crippen LogP) is 3.53. The van der Waals surface area contributed by atoms with E-state index < -0.39 is 0 Å². The lowest BCUT2D eigenvalue weighted by molar-refractivity contribution is 0.487. The van der Waals surface area contributed by atoms with Crippen molar-refractivity contribution in [2.75, 3.05) is 0 Å². The summed E-state index contributed by atoms with van der Waals surface area (Å²) in [6, 6.07) is 0. The molecule has 0 aromatic rings. The van der Waals surface area contributed by atoms with Crippen molar-refractivity contribution in [3.8, 4) is 0 Å². The van der Waals surface area contributed by atoms with Crippen molar-refractivity contribution in [2.45, 2.75) is 47.0 Å². The van der Waals surface area contributed by atoms with E-state index in [4.69, 9.17) is 0 Å². The Bertz CT molecular complexity index is 155. The van der Waals surface area contributed by atoms with E-state index in [-0.39, 0.29) is 0 Å². The molecule has 58 valence electrons. The number of hydrogen-bond donors (Lipinski definition) is 0. The Balaban J connectivity index is 2.81. The first-order valence-electron chi connectivity index (χ1n) is 4.21. The van der Waals surface area contributed by atoms with Crippen LogP contribution in [-0.4, -0.2) is 0 Å². The average Bonchev–Trinajstić information content (AvgIpc) is 2.11. The Morgan fingerprint density at radius 3 is 1.90 bits per heavy atom. The fourth-order valence-corrected chi connectivity index (χ4v) is 1.91. The molecule has 0 N–H and O–H groups in total. The molecular weight excluding hydrogens is 120 g/mol. The van der Waals surface area contributed by atoms with Gasteiger partial charge in [0.1, 0.15) is 0 Å². The van der Waals surface area contributed by atoms with Gasteiger partial charge in [-0.3, -0.25) is 0 Å². The standard InChI is InChI=1S/C10H18/c1-8-6-5-7-9(8)10(2,3)4/h5-7H2,1-4H3. The molecule has 1 aliphatic carbocycles. The minimum atomic E-state index is 0.431. The summed E-state index contributed by atoms with van der Waals surface area (Å²) in [6.07, 6.45) is 4.07. The highest BCUT2D eigenvalue weighted by molar-refractivity contribution is 5.22. The van der Waals surface area contributed by atoms with Gasteiger partial charge in [-0.25, -0.2) is 0 Å². The van der Waals surface area contributed by atoms with Gasteiger partial charge in [-0.2, -0.15) is 0 Å². The fourth-order valence-electron chi connectivity index (χ4n) is 1.91. The van der Waals surface area contributed by atoms with Gasteiger partial charge in [0, 0.05) is 0 Å². The van der Waals surface area contributed by atoms with Crippen molar-refractivity contribution < 1.29 is 0 Å². The maximum Gasteiger partial charge on any atom is -0.0170 e. The van der Waals surface area contributed by atoms with Gasteiger partial charge in [0.05, 0.1) is 0 Å². The third-order valence-electron chi connectivity index (χ3n) is 2.40. The van der Waals surface area contributed by atoms with E-state index in [1.165, 1.54) is 19.3 Å². The molecule has 0 aromatic carbocycles. The minimum absolute atomic E-state index is 0.431. The van der Waals surface area contributed by atoms with Crippen LogP contribution in [0.2, 0.25) is 0 Å². The number of rotatable bonds is 0. The van der Waals surface area contributed by atoms with E-state index in [1.807, 2.05) is 0 Å². The first-order valence-corrected chi connectivity index (χ1v) is 4.21. The molecule has 0 saturated heterocycles. The van der Waals surface area contributed by atoms with E-state index in [2.05, 4.69) is 27.7 Å². The van der Waals surface area contributed by atoms with E-state index in [1.54, 1.807) is 11.1 Å². The second kappa shape index (κ2) is 2.41. The van der Waals surface area contributed by atoms with Gasteiger partial charge >= 0.3 is 0 Å². The highest BCUT2D eigenvalue weighted by Gasteiger charge is 2.22. The van der Waals surface area contributed by atoms with Crippen LogP contribution in [0.25, 0.3) is 0 Å². The second-order valence-electron chi connectivity index (χ2n) is 4.36. The average molecular weight is 138 g/mol. The van der Waals surface area contributed by atoms with Gasteiger partial charge in [-0.1, -0.05) is 31.9 Å². The zero-order valence-electron chi connectivity index (χ0n) is 7.62. The van der Waals surface area contributed by atoms with E-state index in [0.29, 0.717) is 5.41 Å². The molecule has 0 aromatic heterocycles. The topological polar surface area (TPSA) is 0 Å². The summed E-state index contributed by atoms with van der Waals surface area (Å²) < 4.78 is 0. The summed E-state index contributed by atoms with van der Waals surface area (Å²) in [4.78, 5) is 0. The van der Waals surface area contributed by atoms with Crippen LogP contribution < -0.4 is 0 Å². The van der Waals surface area contributed by atoms with Crippen molar-refractivity contribution in [1.82, 2.24) is 0 Å². The Hall–Kier alpha value is -0.260. The van der Waals surface area contributed by atoms with Crippen molar-refractivity contribution in [2.24, 2.45) is 5.41 Å². The quantitative estimate of drug-likeness (QED) is 0.449. The third kappa shape index (κ3) is 1.42. The smallest absolute Gasteiger partial charge is 0.0170 e. The van der Waals surface area contributed by atoms with Crippen LogP contribution in [0.5, 0.6) is 0 Å². The van der Waals surface area contributed by atoms with Crippen LogP contribution in [0, 0.1) is 5.41 Å². The highest BCUT2D eigenvalue weighted by atomic mass is 14.3. The van der Waals surface area contributed by atoms with Crippen LogP contribution in [0.4, 0.5) is 0 Å². The molecule has 10 heavy (non-hydrogen) atoms. The monoisotopic (exact) mass is 138 g/mol. The zero-order valence-corrected chi connectivity index (χ0v) is 7.62. The summed E-state index contributed by atoms with van der Waals surface area (Å²) in [5.74, 6) is 0. The largest absolute Gasteiger partial charge is 0.0736 e. The molecule has 1 aliphatic rings. The first-order chi connectivity index (χ1) is 4.52. The van der Waals surface area contributed by atoms with Gasteiger partial charge < -0.3 is 0 Å². The summed E-state index contributed by atoms with van der Waals surface area (Å²) >= 11 is 0. The van der Waals surface area contributed by atoms with Crippen molar-refractivity contribution in [1.29, 1.82) is 0 Å². The molecule has 0 unspecified atom stereocenters. The zero-order chi connectivity index (χ0) is 7.78. The van der Waals surface area contributed by atoms with Crippen molar-refractivity contribution in [3.05, 3.63) is 11.1 Å². The lowest BCUT2D eigenvalue weighted by Crippen LogP contribution is -2.08. The van der Waals surface area contributed by atoms with Crippen molar-refractivity contribution in [3.63, 3.8) is 0 Å². The second-order valence-corrected chi connectivity index (χ2v) is 4.36. The fraction of sp³-hybridized carbons (Fsp3) is 0.800. The molecule has 0 fully saturated rings. The molecule has 0 heterocycles. The molecular formula is C10H18. The Morgan fingerprint density at radius 1 is 1.10 bits per heavy atom. The normalized spacial score (nSPS) is 20.4. The van der Waals surface area contributed by atoms with Crippen LogP contribution >= 0.6 is 0 Å². The Kier molecular flexibility index (Phi) is 1.89. The molecule has 0 nitrogen and oxygen atoms in total. The van der Waals surface area contributed by atoms with Crippen LogP contribution in [0.15, 0.2) is 11.1 Å². The SMILES string of the molecule is CC1=C(C(C)(C)C)CCC1. The molecule has 0 radical (unpaired) electrons. The Morgan fingerprint density at radius 2 is 1.70 bits per heavy atom. The van der Waals surface area contributed by atoms with Gasteiger partial charge in [0.15, 0.2) is 0 Å². The van der Waals surface area contributed by atoms with E-state index in [0.717, 1.165) is 0 Å². The summed E-state index contributed by atoms with van der Waals surface area (Å²) in [5, 5.41) is 0. The lowest BCUT2D eigenvalue weighted by Gasteiger charge is -2.21. The van der Waals surface area contributed by atoms with Crippen LogP contribution in [-0.2, 0) is 0 Å². The molecule has 0 heteroatoms. The van der Waals surface area contributed by atoms with Gasteiger partial charge in [-0.05, 0) is 31.6 Å². The highest BCUT2D eigenvalue weighted by Crippen LogP contribution is 2.38. The van der Waals surface area contributed by atoms with E-state index >= 15 is 0 Å². The minimum Gasteiger partial charge on any atom is -0.0736 e. The van der Waals surface area contributed by atoms with Gasteiger partial charge in [0.25, 0.3) is 0 Å². The van der Waals surface area contributed by atoms with Crippen LogP contribution in [0.1, 0.15) is 47.0 Å². The Labute approximate surface area is 64.3 Å². The maximum atomic E-state index is 2.32. The van der Waals surface area contributed by atoms with E-state index in [9.17, 15) is 0 Å². The molecule has 1 rings (SSSR count). The molecule has 0 bridgehead atoms. The molecule has 0 amide bonds. The van der Waals surface area contributed by atoms with Crippen molar-refractivity contribution >= 4 is 0 Å². The summed E-state index contributed by atoms with van der Waals surface area (Å²) in [6.45, 7) is 9.24. The molecule has 0 atom stereocenters. The summed E-state index contributed by atoms with van der Waals surface area (Å²) in [7, 11) is 0. The third-order valence-corrected chi connectivity index (χ3v) is 2.40. The predicted molar refractivity (Wildman–Crippen MR) is 46.0 cm³/mol. The summed E-state index contributed by atoms with van der Waals surface area (Å²) in [5.41, 5.74) is 3.78. The molecule has 0 saturated carbocycles. The molecule has 0 spiro atoms. The van der Waals surface area contributed by atoms with Gasteiger partial charge in [0.2, 0.25) is 0 Å². The lowest BCUT2D eigenvalue weighted by atomic mass is 9.84. The number of hydrogen-bond acceptors (Lipinski definition) is 0.